The number of hydrogen-bond donors (Lipinski definition) is 3. The first-order valence-corrected chi connectivity index (χ1v) is 12.7. The zero-order valence-electron chi connectivity index (χ0n) is 21.4. The van der Waals surface area contributed by atoms with Crippen LogP contribution in [0.15, 0.2) is 53.7 Å². The van der Waals surface area contributed by atoms with E-state index < -0.39 is 0 Å². The molecule has 6 rings (SSSR count). The van der Waals surface area contributed by atoms with Gasteiger partial charge in [-0.3, -0.25) is 14.8 Å². The standard InChI is InChI=1S/C27H29N9O2/c1-3-35-8-10-36(11-9-35)16-23-20-5-4-19(13-22(20)33-34-23)31-25-24-17(6-7-28-26(24)37)12-21(32-25)18-14-29-27(38-2)30-15-18/h4-7,12-15H,3,8-11,16H2,1-2H3,(H,28,37)(H,31,32)(H,33,34). The van der Waals surface area contributed by atoms with Gasteiger partial charge in [0, 0.05) is 68.0 Å². The zero-order chi connectivity index (χ0) is 26.1. The van der Waals surface area contributed by atoms with E-state index >= 15 is 0 Å². The highest BCUT2D eigenvalue weighted by Gasteiger charge is 2.18. The summed E-state index contributed by atoms with van der Waals surface area (Å²) in [7, 11) is 1.52. The molecule has 4 aromatic heterocycles. The second-order valence-electron chi connectivity index (χ2n) is 9.35. The van der Waals surface area contributed by atoms with Crippen LogP contribution in [0.2, 0.25) is 0 Å². The molecule has 5 aromatic rings. The number of ether oxygens (including phenoxy) is 1. The van der Waals surface area contributed by atoms with Crippen molar-refractivity contribution in [3.63, 3.8) is 0 Å². The highest BCUT2D eigenvalue weighted by Crippen LogP contribution is 2.29. The molecule has 0 aliphatic carbocycles. The molecule has 5 heterocycles. The van der Waals surface area contributed by atoms with Crippen LogP contribution in [0.5, 0.6) is 6.01 Å². The molecule has 194 valence electrons. The molecule has 0 bridgehead atoms. The topological polar surface area (TPSA) is 128 Å². The van der Waals surface area contributed by atoms with E-state index in [2.05, 4.69) is 53.3 Å². The lowest BCUT2D eigenvalue weighted by atomic mass is 10.1. The third kappa shape index (κ3) is 4.69. The molecule has 1 fully saturated rings. The summed E-state index contributed by atoms with van der Waals surface area (Å²) in [6.45, 7) is 8.40. The Morgan fingerprint density at radius 1 is 1.05 bits per heavy atom. The number of fused-ring (bicyclic) bond motifs is 2. The van der Waals surface area contributed by atoms with Crippen LogP contribution in [0, 0.1) is 0 Å². The maximum absolute atomic E-state index is 12.8. The van der Waals surface area contributed by atoms with Gasteiger partial charge in [0.25, 0.3) is 5.56 Å². The average molecular weight is 512 g/mol. The fourth-order valence-electron chi connectivity index (χ4n) is 4.89. The van der Waals surface area contributed by atoms with Crippen LogP contribution in [0.25, 0.3) is 32.9 Å². The number of benzene rings is 1. The predicted molar refractivity (Wildman–Crippen MR) is 147 cm³/mol. The van der Waals surface area contributed by atoms with Crippen molar-refractivity contribution in [3.05, 3.63) is 65.0 Å². The van der Waals surface area contributed by atoms with E-state index in [4.69, 9.17) is 9.72 Å². The van der Waals surface area contributed by atoms with Crippen LogP contribution in [0.1, 0.15) is 12.6 Å². The number of nitrogens with zero attached hydrogens (tertiary/aromatic N) is 6. The van der Waals surface area contributed by atoms with Crippen LogP contribution < -0.4 is 15.6 Å². The third-order valence-electron chi connectivity index (χ3n) is 7.05. The largest absolute Gasteiger partial charge is 0.467 e. The summed E-state index contributed by atoms with van der Waals surface area (Å²) in [6, 6.07) is 10.0. The Bertz CT molecular complexity index is 1640. The molecule has 0 atom stereocenters. The molecule has 1 aliphatic rings. The lowest BCUT2D eigenvalue weighted by Gasteiger charge is -2.33. The van der Waals surface area contributed by atoms with Crippen molar-refractivity contribution in [1.82, 2.24) is 39.9 Å². The number of likely N-dealkylation sites (N-methyl/N-ethyl adjacent to an activating group) is 1. The normalized spacial score (nSPS) is 14.8. The van der Waals surface area contributed by atoms with Gasteiger partial charge < -0.3 is 19.9 Å². The van der Waals surface area contributed by atoms with Crippen molar-refractivity contribution < 1.29 is 4.74 Å². The van der Waals surface area contributed by atoms with Crippen molar-refractivity contribution in [2.45, 2.75) is 13.5 Å². The van der Waals surface area contributed by atoms with Gasteiger partial charge in [-0.1, -0.05) is 6.92 Å². The molecule has 11 nitrogen and oxygen atoms in total. The number of aromatic amines is 2. The van der Waals surface area contributed by atoms with E-state index in [1.165, 1.54) is 7.11 Å². The molecule has 1 aromatic carbocycles. The summed E-state index contributed by atoms with van der Waals surface area (Å²) in [5.41, 5.74) is 3.89. The Morgan fingerprint density at radius 2 is 1.84 bits per heavy atom. The quantitative estimate of drug-likeness (QED) is 0.302. The Labute approximate surface area is 218 Å². The van der Waals surface area contributed by atoms with E-state index in [9.17, 15) is 4.79 Å². The number of pyridine rings is 2. The molecule has 11 heteroatoms. The summed E-state index contributed by atoms with van der Waals surface area (Å²) < 4.78 is 5.07. The van der Waals surface area contributed by atoms with Gasteiger partial charge in [0.15, 0.2) is 0 Å². The number of aromatic nitrogens is 6. The number of H-pyrrole nitrogens is 2. The number of rotatable bonds is 7. The maximum atomic E-state index is 12.8. The van der Waals surface area contributed by atoms with Crippen LogP contribution in [-0.2, 0) is 6.54 Å². The van der Waals surface area contributed by atoms with Gasteiger partial charge in [0.1, 0.15) is 5.82 Å². The van der Waals surface area contributed by atoms with Gasteiger partial charge in [0.05, 0.1) is 29.4 Å². The highest BCUT2D eigenvalue weighted by molar-refractivity contribution is 5.96. The molecule has 3 N–H and O–H groups in total. The Balaban J connectivity index is 1.30. The Hall–Kier alpha value is -4.35. The van der Waals surface area contributed by atoms with Crippen molar-refractivity contribution in [3.8, 4) is 17.3 Å². The molecule has 0 amide bonds. The van der Waals surface area contributed by atoms with Crippen molar-refractivity contribution in [2.24, 2.45) is 0 Å². The molecule has 0 spiro atoms. The van der Waals surface area contributed by atoms with E-state index in [1.807, 2.05) is 24.3 Å². The first-order valence-electron chi connectivity index (χ1n) is 12.7. The highest BCUT2D eigenvalue weighted by atomic mass is 16.5. The van der Waals surface area contributed by atoms with E-state index in [0.29, 0.717) is 22.5 Å². The van der Waals surface area contributed by atoms with Gasteiger partial charge in [-0.25, -0.2) is 15.0 Å². The Morgan fingerprint density at radius 3 is 2.61 bits per heavy atom. The fraction of sp³-hybridized carbons (Fsp3) is 0.296. The molecule has 0 saturated carbocycles. The van der Waals surface area contributed by atoms with E-state index in [1.54, 1.807) is 18.6 Å². The van der Waals surface area contributed by atoms with Crippen molar-refractivity contribution >= 4 is 33.2 Å². The summed E-state index contributed by atoms with van der Waals surface area (Å²) >= 11 is 0. The number of piperazine rings is 1. The van der Waals surface area contributed by atoms with Crippen molar-refractivity contribution in [2.75, 3.05) is 45.2 Å². The minimum absolute atomic E-state index is 0.219. The van der Waals surface area contributed by atoms with Crippen LogP contribution in [0.4, 0.5) is 11.5 Å². The van der Waals surface area contributed by atoms with Gasteiger partial charge in [-0.05, 0) is 42.3 Å². The Kier molecular flexibility index (Phi) is 6.44. The molecular formula is C27H29N9O2. The molecule has 0 radical (unpaired) electrons. The minimum Gasteiger partial charge on any atom is -0.467 e. The first kappa shape index (κ1) is 24.0. The number of methoxy groups -OCH3 is 1. The second-order valence-corrected chi connectivity index (χ2v) is 9.35. The second kappa shape index (κ2) is 10.2. The monoisotopic (exact) mass is 511 g/mol. The minimum atomic E-state index is -0.219. The molecular weight excluding hydrogens is 482 g/mol. The SMILES string of the molecule is CCN1CCN(Cc2n[nH]c3cc(Nc4nc(-c5cnc(OC)nc5)cc5cc[nH]c(=O)c45)ccc23)CC1. The molecule has 38 heavy (non-hydrogen) atoms. The maximum Gasteiger partial charge on any atom is 0.316 e. The smallest absolute Gasteiger partial charge is 0.316 e. The molecule has 0 unspecified atom stereocenters. The summed E-state index contributed by atoms with van der Waals surface area (Å²) in [5.74, 6) is 0.447. The van der Waals surface area contributed by atoms with Gasteiger partial charge in [0.2, 0.25) is 0 Å². The molecule has 1 saturated heterocycles. The van der Waals surface area contributed by atoms with E-state index in [0.717, 1.165) is 66.9 Å². The van der Waals surface area contributed by atoms with Gasteiger partial charge in [-0.2, -0.15) is 5.10 Å². The van der Waals surface area contributed by atoms with Crippen LogP contribution >= 0.6 is 0 Å². The van der Waals surface area contributed by atoms with Crippen molar-refractivity contribution in [1.29, 1.82) is 0 Å². The number of nitrogens with one attached hydrogen (secondary N) is 3. The average Bonchev–Trinajstić information content (AvgIpc) is 3.35. The number of anilines is 2. The van der Waals surface area contributed by atoms with Crippen LogP contribution in [0.3, 0.4) is 0 Å². The molecule has 1 aliphatic heterocycles. The third-order valence-corrected chi connectivity index (χ3v) is 7.05. The summed E-state index contributed by atoms with van der Waals surface area (Å²) in [5, 5.41) is 13.5. The lowest BCUT2D eigenvalue weighted by molar-refractivity contribution is 0.131. The van der Waals surface area contributed by atoms with Crippen LogP contribution in [-0.4, -0.2) is 79.8 Å². The summed E-state index contributed by atoms with van der Waals surface area (Å²) in [4.78, 5) is 33.6. The first-order chi connectivity index (χ1) is 18.6. The van der Waals surface area contributed by atoms with E-state index in [-0.39, 0.29) is 11.6 Å². The lowest BCUT2D eigenvalue weighted by Crippen LogP contribution is -2.45. The fourth-order valence-corrected chi connectivity index (χ4v) is 4.89. The zero-order valence-corrected chi connectivity index (χ0v) is 21.4. The van der Waals surface area contributed by atoms with Gasteiger partial charge >= 0.3 is 6.01 Å². The number of hydrogen-bond acceptors (Lipinski definition) is 9. The van der Waals surface area contributed by atoms with Gasteiger partial charge in [-0.15, -0.1) is 0 Å². The predicted octanol–water partition coefficient (Wildman–Crippen LogP) is 3.15. The summed E-state index contributed by atoms with van der Waals surface area (Å²) in [6.07, 6.45) is 4.93.